The maximum absolute atomic E-state index is 12.2. The van der Waals surface area contributed by atoms with E-state index in [1.54, 1.807) is 0 Å². The van der Waals surface area contributed by atoms with Gasteiger partial charge in [0.1, 0.15) is 0 Å². The van der Waals surface area contributed by atoms with Crippen molar-refractivity contribution in [1.82, 2.24) is 15.1 Å². The summed E-state index contributed by atoms with van der Waals surface area (Å²) in [5.41, 5.74) is 0. The summed E-state index contributed by atoms with van der Waals surface area (Å²) in [7, 11) is 2.02. The number of nitrogens with one attached hydrogen (secondary N) is 1. The first-order valence-electron chi connectivity index (χ1n) is 6.84. The number of rotatable bonds is 5. The Morgan fingerprint density at radius 2 is 1.83 bits per heavy atom. The number of halogens is 1. The maximum atomic E-state index is 12.2. The Bertz CT molecular complexity index is 238. The first-order valence-corrected chi connectivity index (χ1v) is 6.84. The van der Waals surface area contributed by atoms with E-state index < -0.39 is 0 Å². The third-order valence-corrected chi connectivity index (χ3v) is 3.92. The molecule has 4 nitrogen and oxygen atoms in total. The summed E-state index contributed by atoms with van der Waals surface area (Å²) in [4.78, 5) is 16.5. The van der Waals surface area contributed by atoms with Crippen molar-refractivity contribution in [3.8, 4) is 0 Å². The average molecular weight is 278 g/mol. The summed E-state index contributed by atoms with van der Waals surface area (Å²) in [6, 6.07) is 0.662. The molecule has 0 aromatic carbocycles. The minimum Gasteiger partial charge on any atom is -0.342 e. The molecule has 1 N–H and O–H groups in total. The second kappa shape index (κ2) is 8.73. The number of piperidine rings is 1. The van der Waals surface area contributed by atoms with Gasteiger partial charge in [0, 0.05) is 32.2 Å². The van der Waals surface area contributed by atoms with Crippen molar-refractivity contribution in [3.05, 3.63) is 0 Å². The van der Waals surface area contributed by atoms with Crippen LogP contribution < -0.4 is 5.32 Å². The molecule has 0 bridgehead atoms. The molecular weight excluding hydrogens is 250 g/mol. The van der Waals surface area contributed by atoms with Crippen molar-refractivity contribution in [1.29, 1.82) is 0 Å². The van der Waals surface area contributed by atoms with E-state index in [1.807, 2.05) is 32.7 Å². The van der Waals surface area contributed by atoms with E-state index in [-0.39, 0.29) is 24.4 Å². The Hall–Kier alpha value is -0.320. The van der Waals surface area contributed by atoms with Crippen LogP contribution in [0, 0.1) is 0 Å². The van der Waals surface area contributed by atoms with E-state index in [1.165, 1.54) is 0 Å². The summed E-state index contributed by atoms with van der Waals surface area (Å²) in [6.45, 7) is 9.81. The van der Waals surface area contributed by atoms with Gasteiger partial charge in [-0.25, -0.2) is 0 Å². The molecule has 0 saturated carbocycles. The smallest absolute Gasteiger partial charge is 0.239 e. The van der Waals surface area contributed by atoms with Crippen LogP contribution >= 0.6 is 12.4 Å². The van der Waals surface area contributed by atoms with Crippen molar-refractivity contribution < 1.29 is 4.79 Å². The highest BCUT2D eigenvalue weighted by molar-refractivity contribution is 5.85. The zero-order chi connectivity index (χ0) is 12.8. The normalized spacial score (nSPS) is 19.1. The molecule has 0 radical (unpaired) electrons. The summed E-state index contributed by atoms with van der Waals surface area (Å²) < 4.78 is 0. The van der Waals surface area contributed by atoms with E-state index in [4.69, 9.17) is 0 Å². The highest BCUT2D eigenvalue weighted by Crippen LogP contribution is 2.14. The van der Waals surface area contributed by atoms with Crippen molar-refractivity contribution >= 4 is 18.3 Å². The van der Waals surface area contributed by atoms with Gasteiger partial charge in [-0.05, 0) is 40.7 Å². The van der Waals surface area contributed by atoms with Crippen LogP contribution in [0.1, 0.15) is 33.6 Å². The Kier molecular flexibility index (Phi) is 8.57. The molecule has 1 amide bonds. The summed E-state index contributed by atoms with van der Waals surface area (Å²) in [5, 5.41) is 3.32. The Labute approximate surface area is 117 Å². The number of likely N-dealkylation sites (tertiary alicyclic amines) is 1. The van der Waals surface area contributed by atoms with E-state index in [9.17, 15) is 4.79 Å². The number of hydrogen-bond acceptors (Lipinski definition) is 3. The third-order valence-electron chi connectivity index (χ3n) is 3.92. The summed E-state index contributed by atoms with van der Waals surface area (Å²) in [6.07, 6.45) is 2.29. The average Bonchev–Trinajstić information content (AvgIpc) is 2.39. The second-order valence-electron chi connectivity index (χ2n) is 4.79. The van der Waals surface area contributed by atoms with Crippen LogP contribution in [-0.4, -0.2) is 61.0 Å². The van der Waals surface area contributed by atoms with Crippen molar-refractivity contribution in [3.63, 3.8) is 0 Å². The van der Waals surface area contributed by atoms with Gasteiger partial charge in [-0.3, -0.25) is 9.69 Å². The molecule has 1 atom stereocenters. The number of nitrogens with zero attached hydrogens (tertiary/aromatic N) is 2. The maximum Gasteiger partial charge on any atom is 0.239 e. The van der Waals surface area contributed by atoms with Crippen LogP contribution in [0.5, 0.6) is 0 Å². The molecule has 1 saturated heterocycles. The molecule has 0 aromatic rings. The first kappa shape index (κ1) is 17.7. The predicted molar refractivity (Wildman–Crippen MR) is 78.3 cm³/mol. The third kappa shape index (κ3) is 4.41. The van der Waals surface area contributed by atoms with E-state index in [2.05, 4.69) is 10.2 Å². The second-order valence-corrected chi connectivity index (χ2v) is 4.79. The Morgan fingerprint density at radius 1 is 1.33 bits per heavy atom. The molecule has 1 fully saturated rings. The number of carbonyl (C=O) groups is 1. The lowest BCUT2D eigenvalue weighted by atomic mass is 10.0. The molecule has 1 aliphatic rings. The highest BCUT2D eigenvalue weighted by Gasteiger charge is 2.27. The van der Waals surface area contributed by atoms with Crippen LogP contribution in [-0.2, 0) is 4.79 Å². The van der Waals surface area contributed by atoms with Gasteiger partial charge < -0.3 is 10.2 Å². The van der Waals surface area contributed by atoms with Gasteiger partial charge in [-0.2, -0.15) is 0 Å². The van der Waals surface area contributed by atoms with Crippen LogP contribution in [0.15, 0.2) is 0 Å². The fourth-order valence-corrected chi connectivity index (χ4v) is 2.53. The quantitative estimate of drug-likeness (QED) is 0.824. The number of hydrogen-bond donors (Lipinski definition) is 1. The molecule has 1 rings (SSSR count). The highest BCUT2D eigenvalue weighted by atomic mass is 35.5. The fourth-order valence-electron chi connectivity index (χ4n) is 2.53. The van der Waals surface area contributed by atoms with Crippen LogP contribution in [0.4, 0.5) is 0 Å². The molecule has 1 heterocycles. The predicted octanol–water partition coefficient (Wildman–Crippen LogP) is 1.35. The minimum absolute atomic E-state index is 0. The van der Waals surface area contributed by atoms with Gasteiger partial charge in [0.2, 0.25) is 5.91 Å². The molecule has 0 spiro atoms. The zero-order valence-corrected chi connectivity index (χ0v) is 12.9. The van der Waals surface area contributed by atoms with Gasteiger partial charge >= 0.3 is 0 Å². The van der Waals surface area contributed by atoms with E-state index in [0.717, 1.165) is 39.0 Å². The molecule has 0 aromatic heterocycles. The van der Waals surface area contributed by atoms with Gasteiger partial charge in [-0.15, -0.1) is 12.4 Å². The van der Waals surface area contributed by atoms with E-state index >= 15 is 0 Å². The number of carbonyl (C=O) groups excluding carboxylic acids is 1. The molecule has 5 heteroatoms. The summed E-state index contributed by atoms with van der Waals surface area (Å²) >= 11 is 0. The SMILES string of the molecule is CCN(CC)C(=O)C(C)N1CCC(NC)CC1.Cl. The number of likely N-dealkylation sites (N-methyl/N-ethyl adjacent to an activating group) is 1. The zero-order valence-electron chi connectivity index (χ0n) is 12.1. The minimum atomic E-state index is 0. The van der Waals surface area contributed by atoms with Crippen LogP contribution in [0.3, 0.4) is 0 Å². The monoisotopic (exact) mass is 277 g/mol. The molecular formula is C13H28ClN3O. The van der Waals surface area contributed by atoms with Gasteiger partial charge in [-0.1, -0.05) is 0 Å². The van der Waals surface area contributed by atoms with Crippen molar-refractivity contribution in [2.75, 3.05) is 33.2 Å². The standard InChI is InChI=1S/C13H27N3O.ClH/c1-5-15(6-2)13(17)11(3)16-9-7-12(14-4)8-10-16;/h11-12,14H,5-10H2,1-4H3;1H. The van der Waals surface area contributed by atoms with E-state index in [0.29, 0.717) is 6.04 Å². The van der Waals surface area contributed by atoms with Crippen molar-refractivity contribution in [2.24, 2.45) is 0 Å². The van der Waals surface area contributed by atoms with Crippen LogP contribution in [0.2, 0.25) is 0 Å². The van der Waals surface area contributed by atoms with Gasteiger partial charge in [0.05, 0.1) is 6.04 Å². The molecule has 108 valence electrons. The first-order chi connectivity index (χ1) is 8.13. The lowest BCUT2D eigenvalue weighted by molar-refractivity contribution is -0.136. The fraction of sp³-hybridized carbons (Fsp3) is 0.923. The van der Waals surface area contributed by atoms with Crippen molar-refractivity contribution in [2.45, 2.75) is 45.7 Å². The Balaban J connectivity index is 0.00000289. The number of amides is 1. The molecule has 18 heavy (non-hydrogen) atoms. The summed E-state index contributed by atoms with van der Waals surface area (Å²) in [5.74, 6) is 0.276. The topological polar surface area (TPSA) is 35.6 Å². The molecule has 0 aliphatic carbocycles. The molecule has 1 unspecified atom stereocenters. The lowest BCUT2D eigenvalue weighted by Gasteiger charge is -2.37. The van der Waals surface area contributed by atoms with Crippen LogP contribution in [0.25, 0.3) is 0 Å². The van der Waals surface area contributed by atoms with Gasteiger partial charge in [0.25, 0.3) is 0 Å². The lowest BCUT2D eigenvalue weighted by Crippen LogP contribution is -2.51. The largest absolute Gasteiger partial charge is 0.342 e. The Morgan fingerprint density at radius 3 is 2.22 bits per heavy atom. The van der Waals surface area contributed by atoms with Gasteiger partial charge in [0.15, 0.2) is 0 Å². The molecule has 1 aliphatic heterocycles.